The maximum atomic E-state index is 5.77. The molecule has 1 unspecified atom stereocenters. The lowest BCUT2D eigenvalue weighted by Gasteiger charge is -2.18. The van der Waals surface area contributed by atoms with E-state index in [9.17, 15) is 0 Å². The average Bonchev–Trinajstić information content (AvgIpc) is 2.35. The first-order valence-corrected chi connectivity index (χ1v) is 4.40. The van der Waals surface area contributed by atoms with E-state index in [0.717, 1.165) is 32.6 Å². The van der Waals surface area contributed by atoms with E-state index < -0.39 is 0 Å². The molecule has 3 nitrogen and oxygen atoms in total. The molecule has 1 heterocycles. The second-order valence-corrected chi connectivity index (χ2v) is 3.65. The van der Waals surface area contributed by atoms with Crippen LogP contribution in [0.2, 0.25) is 0 Å². The van der Waals surface area contributed by atoms with E-state index in [1.807, 2.05) is 0 Å². The molecule has 0 amide bonds. The summed E-state index contributed by atoms with van der Waals surface area (Å²) in [4.78, 5) is 2.40. The Kier molecular flexibility index (Phi) is 3.30. The fourth-order valence-electron chi connectivity index (χ4n) is 1.54. The first-order chi connectivity index (χ1) is 5.22. The molecule has 1 rings (SSSR count). The van der Waals surface area contributed by atoms with Crippen molar-refractivity contribution < 1.29 is 0 Å². The van der Waals surface area contributed by atoms with Crippen LogP contribution in [0, 0.1) is 5.92 Å². The van der Waals surface area contributed by atoms with Gasteiger partial charge in [0, 0.05) is 19.1 Å². The Balaban J connectivity index is 2.17. The van der Waals surface area contributed by atoms with Gasteiger partial charge in [0.15, 0.2) is 0 Å². The maximum Gasteiger partial charge on any atom is 0.0180 e. The monoisotopic (exact) mass is 157 g/mol. The third-order valence-electron chi connectivity index (χ3n) is 2.28. The van der Waals surface area contributed by atoms with Crippen LogP contribution in [-0.4, -0.2) is 37.1 Å². The molecule has 1 saturated heterocycles. The highest BCUT2D eigenvalue weighted by molar-refractivity contribution is 4.78. The molecule has 0 aromatic heterocycles. The summed E-state index contributed by atoms with van der Waals surface area (Å²) in [7, 11) is 0. The first-order valence-electron chi connectivity index (χ1n) is 4.40. The molecule has 11 heavy (non-hydrogen) atoms. The molecule has 4 N–H and O–H groups in total. The minimum Gasteiger partial charge on any atom is -0.330 e. The molecule has 3 heteroatoms. The number of nitrogens with two attached hydrogens (primary N) is 2. The minimum absolute atomic E-state index is 0.403. The lowest BCUT2D eigenvalue weighted by molar-refractivity contribution is 0.288. The Labute approximate surface area is 68.7 Å². The van der Waals surface area contributed by atoms with E-state index >= 15 is 0 Å². The summed E-state index contributed by atoms with van der Waals surface area (Å²) in [6.07, 6.45) is 1.15. The molecule has 0 spiro atoms. The van der Waals surface area contributed by atoms with Crippen molar-refractivity contribution in [3.63, 3.8) is 0 Å². The summed E-state index contributed by atoms with van der Waals surface area (Å²) >= 11 is 0. The van der Waals surface area contributed by atoms with Gasteiger partial charge in [-0.2, -0.15) is 0 Å². The normalized spacial score (nSPS) is 29.2. The molecular weight excluding hydrogens is 138 g/mol. The summed E-state index contributed by atoms with van der Waals surface area (Å²) in [5.41, 5.74) is 11.3. The van der Waals surface area contributed by atoms with Crippen LogP contribution in [0.15, 0.2) is 0 Å². The quantitative estimate of drug-likeness (QED) is 0.587. The van der Waals surface area contributed by atoms with E-state index in [1.165, 1.54) is 0 Å². The van der Waals surface area contributed by atoms with Gasteiger partial charge in [0.05, 0.1) is 0 Å². The Morgan fingerprint density at radius 1 is 1.64 bits per heavy atom. The zero-order valence-electron chi connectivity index (χ0n) is 7.29. The molecule has 0 aliphatic carbocycles. The lowest BCUT2D eigenvalue weighted by atomic mass is 10.2. The smallest absolute Gasteiger partial charge is 0.0180 e. The highest BCUT2D eigenvalue weighted by Crippen LogP contribution is 2.08. The van der Waals surface area contributed by atoms with Gasteiger partial charge in [0.1, 0.15) is 0 Å². The number of hydrogen-bond donors (Lipinski definition) is 2. The molecule has 66 valence electrons. The van der Waals surface area contributed by atoms with Gasteiger partial charge in [-0.3, -0.25) is 0 Å². The highest BCUT2D eigenvalue weighted by Gasteiger charge is 2.19. The van der Waals surface area contributed by atoms with Crippen molar-refractivity contribution in [2.75, 3.05) is 26.2 Å². The van der Waals surface area contributed by atoms with Gasteiger partial charge in [-0.25, -0.2) is 0 Å². The van der Waals surface area contributed by atoms with Crippen molar-refractivity contribution in [1.29, 1.82) is 0 Å². The van der Waals surface area contributed by atoms with Gasteiger partial charge >= 0.3 is 0 Å². The highest BCUT2D eigenvalue weighted by atomic mass is 15.2. The van der Waals surface area contributed by atoms with Crippen molar-refractivity contribution >= 4 is 0 Å². The van der Waals surface area contributed by atoms with E-state index in [0.29, 0.717) is 12.0 Å². The Morgan fingerprint density at radius 2 is 2.36 bits per heavy atom. The molecule has 2 atom stereocenters. The van der Waals surface area contributed by atoms with Crippen molar-refractivity contribution in [3.05, 3.63) is 0 Å². The summed E-state index contributed by atoms with van der Waals surface area (Å²) in [5, 5.41) is 0. The number of rotatable bonds is 3. The summed E-state index contributed by atoms with van der Waals surface area (Å²) in [6, 6.07) is 0.403. The number of hydrogen-bond acceptors (Lipinski definition) is 3. The predicted octanol–water partition coefficient (Wildman–Crippen LogP) is -0.386. The fraction of sp³-hybridized carbons (Fsp3) is 1.00. The van der Waals surface area contributed by atoms with Crippen LogP contribution in [0.4, 0.5) is 0 Å². The minimum atomic E-state index is 0.403. The third-order valence-corrected chi connectivity index (χ3v) is 2.28. The van der Waals surface area contributed by atoms with Gasteiger partial charge in [-0.05, 0) is 25.4 Å². The van der Waals surface area contributed by atoms with Crippen LogP contribution in [0.25, 0.3) is 0 Å². The zero-order valence-corrected chi connectivity index (χ0v) is 7.29. The van der Waals surface area contributed by atoms with Gasteiger partial charge < -0.3 is 16.4 Å². The van der Waals surface area contributed by atoms with Gasteiger partial charge in [-0.1, -0.05) is 6.92 Å². The third kappa shape index (κ3) is 2.77. The number of likely N-dealkylation sites (tertiary alicyclic amines) is 1. The largest absolute Gasteiger partial charge is 0.330 e. The maximum absolute atomic E-state index is 5.77. The topological polar surface area (TPSA) is 55.3 Å². The van der Waals surface area contributed by atoms with Crippen LogP contribution in [0.3, 0.4) is 0 Å². The van der Waals surface area contributed by atoms with E-state index in [4.69, 9.17) is 11.5 Å². The van der Waals surface area contributed by atoms with Crippen LogP contribution >= 0.6 is 0 Å². The molecule has 1 fully saturated rings. The zero-order chi connectivity index (χ0) is 8.27. The molecule has 1 aliphatic heterocycles. The van der Waals surface area contributed by atoms with Crippen LogP contribution in [0.1, 0.15) is 13.3 Å². The van der Waals surface area contributed by atoms with Crippen molar-refractivity contribution in [1.82, 2.24) is 4.90 Å². The molecule has 0 saturated carbocycles. The molecular formula is C8H19N3. The Bertz CT molecular complexity index is 116. The Morgan fingerprint density at radius 3 is 2.82 bits per heavy atom. The molecule has 0 aromatic carbocycles. The molecule has 0 radical (unpaired) electrons. The first kappa shape index (κ1) is 8.97. The van der Waals surface area contributed by atoms with Crippen LogP contribution < -0.4 is 11.5 Å². The fourth-order valence-corrected chi connectivity index (χ4v) is 1.54. The molecule has 0 bridgehead atoms. The summed E-state index contributed by atoms with van der Waals surface area (Å²) in [5.74, 6) is 0.611. The second kappa shape index (κ2) is 4.04. The van der Waals surface area contributed by atoms with E-state index in [2.05, 4.69) is 11.8 Å². The molecule has 0 aromatic rings. The average molecular weight is 157 g/mol. The second-order valence-electron chi connectivity index (χ2n) is 3.65. The van der Waals surface area contributed by atoms with E-state index in [1.54, 1.807) is 0 Å². The van der Waals surface area contributed by atoms with Crippen molar-refractivity contribution in [3.8, 4) is 0 Å². The Hall–Kier alpha value is -0.120. The number of nitrogens with zero attached hydrogens (tertiary/aromatic N) is 1. The standard InChI is InChI=1S/C8H19N3/c1-7(4-9)5-11-3-2-8(10)6-11/h7-8H,2-6,9-10H2,1H3/t7-,8?/m1/s1. The molecule has 1 aliphatic rings. The summed E-state index contributed by atoms with van der Waals surface area (Å²) in [6.45, 7) is 6.30. The van der Waals surface area contributed by atoms with Gasteiger partial charge in [-0.15, -0.1) is 0 Å². The van der Waals surface area contributed by atoms with E-state index in [-0.39, 0.29) is 0 Å². The van der Waals surface area contributed by atoms with Crippen molar-refractivity contribution in [2.45, 2.75) is 19.4 Å². The van der Waals surface area contributed by atoms with Crippen LogP contribution in [0.5, 0.6) is 0 Å². The van der Waals surface area contributed by atoms with Crippen LogP contribution in [-0.2, 0) is 0 Å². The SMILES string of the molecule is C[C@H](CN)CN1CCC(N)C1. The lowest BCUT2D eigenvalue weighted by Crippen LogP contribution is -2.32. The predicted molar refractivity (Wildman–Crippen MR) is 47.3 cm³/mol. The van der Waals surface area contributed by atoms with Crippen molar-refractivity contribution in [2.24, 2.45) is 17.4 Å². The summed E-state index contributed by atoms with van der Waals surface area (Å²) < 4.78 is 0. The van der Waals surface area contributed by atoms with Gasteiger partial charge in [0.2, 0.25) is 0 Å². The van der Waals surface area contributed by atoms with Gasteiger partial charge in [0.25, 0.3) is 0 Å².